The summed E-state index contributed by atoms with van der Waals surface area (Å²) in [6.07, 6.45) is 0. The van der Waals surface area contributed by atoms with Crippen LogP contribution >= 0.6 is 0 Å². The van der Waals surface area contributed by atoms with E-state index >= 15 is 0 Å². The van der Waals surface area contributed by atoms with E-state index in [2.05, 4.69) is 0 Å². The van der Waals surface area contributed by atoms with Gasteiger partial charge >= 0.3 is 5.63 Å². The van der Waals surface area contributed by atoms with E-state index in [4.69, 9.17) is 10.3 Å². The molecule has 80 valence electrons. The lowest BCUT2D eigenvalue weighted by Crippen LogP contribution is -1.99. The molecule has 0 saturated heterocycles. The van der Waals surface area contributed by atoms with Gasteiger partial charge in [-0.25, -0.2) is 9.53 Å². The van der Waals surface area contributed by atoms with Gasteiger partial charge in [-0.1, -0.05) is 6.07 Å². The van der Waals surface area contributed by atoms with Crippen LogP contribution in [0, 0.1) is 0 Å². The zero-order chi connectivity index (χ0) is 11.0. The Morgan fingerprint density at radius 1 is 1.47 bits per heavy atom. The number of hydrogen-bond donors (Lipinski definition) is 1. The number of fused-ring (bicyclic) bond motifs is 1. The van der Waals surface area contributed by atoms with Crippen molar-refractivity contribution in [1.29, 1.82) is 0 Å². The van der Waals surface area contributed by atoms with Crippen molar-refractivity contribution < 1.29 is 4.52 Å². The van der Waals surface area contributed by atoms with Crippen LogP contribution in [0.4, 0.5) is 0 Å². The molecule has 1 heterocycles. The Hall–Kier alpha value is -1.55. The first kappa shape index (κ1) is 9.98. The first-order valence-corrected chi connectivity index (χ1v) is 4.98. The molecule has 1 aromatic carbocycles. The topological polar surface area (TPSA) is 61.2 Å². The highest BCUT2D eigenvalue weighted by atomic mass is 16.5. The SMILES string of the molecule is CC(C)n1oc(=O)c2cc(CN)ccc21. The summed E-state index contributed by atoms with van der Waals surface area (Å²) in [7, 11) is 0. The van der Waals surface area contributed by atoms with Crippen molar-refractivity contribution in [3.63, 3.8) is 0 Å². The third-order valence-corrected chi connectivity index (χ3v) is 2.40. The van der Waals surface area contributed by atoms with E-state index in [1.807, 2.05) is 26.0 Å². The third-order valence-electron chi connectivity index (χ3n) is 2.40. The second kappa shape index (κ2) is 3.55. The van der Waals surface area contributed by atoms with E-state index in [0.29, 0.717) is 11.9 Å². The Kier molecular flexibility index (Phi) is 2.36. The highest BCUT2D eigenvalue weighted by Gasteiger charge is 2.11. The van der Waals surface area contributed by atoms with Gasteiger partial charge in [-0.2, -0.15) is 0 Å². The van der Waals surface area contributed by atoms with Crippen LogP contribution in [-0.4, -0.2) is 4.74 Å². The maximum absolute atomic E-state index is 11.5. The summed E-state index contributed by atoms with van der Waals surface area (Å²) in [6.45, 7) is 4.38. The molecule has 0 radical (unpaired) electrons. The minimum atomic E-state index is -0.297. The molecule has 0 aliphatic carbocycles. The van der Waals surface area contributed by atoms with Gasteiger partial charge in [-0.05, 0) is 31.5 Å². The van der Waals surface area contributed by atoms with Crippen LogP contribution < -0.4 is 11.4 Å². The van der Waals surface area contributed by atoms with Gasteiger partial charge in [0.25, 0.3) is 0 Å². The molecule has 0 saturated carbocycles. The normalized spacial score (nSPS) is 11.5. The van der Waals surface area contributed by atoms with Crippen LogP contribution in [0.15, 0.2) is 27.5 Å². The van der Waals surface area contributed by atoms with Crippen molar-refractivity contribution in [2.24, 2.45) is 5.73 Å². The molecule has 4 heteroatoms. The summed E-state index contributed by atoms with van der Waals surface area (Å²) in [5.74, 6) is 0. The highest BCUT2D eigenvalue weighted by Crippen LogP contribution is 2.17. The molecular formula is C11H14N2O2. The maximum Gasteiger partial charge on any atom is 0.365 e. The molecule has 0 atom stereocenters. The van der Waals surface area contributed by atoms with Gasteiger partial charge in [0, 0.05) is 6.54 Å². The predicted molar refractivity (Wildman–Crippen MR) is 58.8 cm³/mol. The summed E-state index contributed by atoms with van der Waals surface area (Å²) < 4.78 is 6.77. The fraction of sp³-hybridized carbons (Fsp3) is 0.364. The van der Waals surface area contributed by atoms with E-state index in [-0.39, 0.29) is 11.7 Å². The molecule has 1 aromatic heterocycles. The molecule has 0 spiro atoms. The minimum Gasteiger partial charge on any atom is -0.335 e. The van der Waals surface area contributed by atoms with Crippen molar-refractivity contribution in [1.82, 2.24) is 4.74 Å². The average Bonchev–Trinajstić information content (AvgIpc) is 2.56. The number of rotatable bonds is 2. The van der Waals surface area contributed by atoms with E-state index in [1.54, 1.807) is 10.8 Å². The van der Waals surface area contributed by atoms with Crippen molar-refractivity contribution in [3.8, 4) is 0 Å². The van der Waals surface area contributed by atoms with Crippen LogP contribution in [-0.2, 0) is 6.54 Å². The van der Waals surface area contributed by atoms with Crippen molar-refractivity contribution >= 4 is 10.9 Å². The molecule has 4 nitrogen and oxygen atoms in total. The molecule has 15 heavy (non-hydrogen) atoms. The van der Waals surface area contributed by atoms with E-state index < -0.39 is 0 Å². The zero-order valence-electron chi connectivity index (χ0n) is 8.86. The van der Waals surface area contributed by atoms with E-state index in [0.717, 1.165) is 11.1 Å². The second-order valence-electron chi connectivity index (χ2n) is 3.85. The molecule has 0 bridgehead atoms. The first-order chi connectivity index (χ1) is 7.13. The van der Waals surface area contributed by atoms with Crippen LogP contribution in [0.3, 0.4) is 0 Å². The molecule has 2 N–H and O–H groups in total. The average molecular weight is 206 g/mol. The molecule has 0 fully saturated rings. The fourth-order valence-electron chi connectivity index (χ4n) is 1.64. The van der Waals surface area contributed by atoms with Crippen LogP contribution in [0.25, 0.3) is 10.9 Å². The van der Waals surface area contributed by atoms with Gasteiger partial charge in [0.2, 0.25) is 0 Å². The first-order valence-electron chi connectivity index (χ1n) is 4.98. The Balaban J connectivity index is 2.75. The van der Waals surface area contributed by atoms with Crippen molar-refractivity contribution in [2.45, 2.75) is 26.4 Å². The molecule has 0 aliphatic heterocycles. The number of aromatic nitrogens is 1. The van der Waals surface area contributed by atoms with Crippen molar-refractivity contribution in [2.75, 3.05) is 0 Å². The monoisotopic (exact) mass is 206 g/mol. The molecule has 0 unspecified atom stereocenters. The van der Waals surface area contributed by atoms with Gasteiger partial charge in [0.15, 0.2) is 0 Å². The summed E-state index contributed by atoms with van der Waals surface area (Å²) in [5.41, 5.74) is 6.99. The smallest absolute Gasteiger partial charge is 0.335 e. The van der Waals surface area contributed by atoms with Crippen LogP contribution in [0.2, 0.25) is 0 Å². The van der Waals surface area contributed by atoms with Gasteiger partial charge in [-0.15, -0.1) is 0 Å². The Bertz CT molecular complexity index is 537. The molecule has 2 rings (SSSR count). The van der Waals surface area contributed by atoms with Crippen LogP contribution in [0.1, 0.15) is 25.5 Å². The number of benzene rings is 1. The van der Waals surface area contributed by atoms with Gasteiger partial charge in [0.05, 0.1) is 16.9 Å². The second-order valence-corrected chi connectivity index (χ2v) is 3.85. The summed E-state index contributed by atoms with van der Waals surface area (Å²) >= 11 is 0. The van der Waals surface area contributed by atoms with E-state index in [1.165, 1.54) is 0 Å². The Labute approximate surface area is 87.2 Å². The maximum atomic E-state index is 11.5. The third kappa shape index (κ3) is 1.57. The molecule has 0 amide bonds. The Morgan fingerprint density at radius 3 is 2.80 bits per heavy atom. The van der Waals surface area contributed by atoms with Crippen molar-refractivity contribution in [3.05, 3.63) is 34.2 Å². The highest BCUT2D eigenvalue weighted by molar-refractivity contribution is 5.78. The Morgan fingerprint density at radius 2 is 2.20 bits per heavy atom. The number of nitrogens with two attached hydrogens (primary N) is 1. The van der Waals surface area contributed by atoms with Crippen LogP contribution in [0.5, 0.6) is 0 Å². The molecular weight excluding hydrogens is 192 g/mol. The molecule has 0 aliphatic rings. The lowest BCUT2D eigenvalue weighted by Gasteiger charge is -2.05. The zero-order valence-corrected chi connectivity index (χ0v) is 8.86. The fourth-order valence-corrected chi connectivity index (χ4v) is 1.64. The van der Waals surface area contributed by atoms with Gasteiger partial charge < -0.3 is 10.3 Å². The predicted octanol–water partition coefficient (Wildman–Crippen LogP) is 1.63. The number of hydrogen-bond acceptors (Lipinski definition) is 3. The molecule has 2 aromatic rings. The van der Waals surface area contributed by atoms with E-state index in [9.17, 15) is 4.79 Å². The van der Waals surface area contributed by atoms with Gasteiger partial charge in [0.1, 0.15) is 0 Å². The lowest BCUT2D eigenvalue weighted by molar-refractivity contribution is 0.234. The summed E-state index contributed by atoms with van der Waals surface area (Å²) in [6, 6.07) is 5.72. The summed E-state index contributed by atoms with van der Waals surface area (Å²) in [4.78, 5) is 11.5. The lowest BCUT2D eigenvalue weighted by atomic mass is 10.1. The standard InChI is InChI=1S/C11H14N2O2/c1-7(2)13-10-4-3-8(6-12)5-9(10)11(14)15-13/h3-5,7H,6,12H2,1-2H3. The largest absolute Gasteiger partial charge is 0.365 e. The quantitative estimate of drug-likeness (QED) is 0.812. The number of nitrogens with zero attached hydrogens (tertiary/aromatic N) is 1. The summed E-state index contributed by atoms with van der Waals surface area (Å²) in [5, 5.41) is 0.603. The van der Waals surface area contributed by atoms with Gasteiger partial charge in [-0.3, -0.25) is 0 Å². The minimum absolute atomic E-state index is 0.138.